The van der Waals surface area contributed by atoms with Crippen LogP contribution in [0.2, 0.25) is 6.82 Å². The number of nitrogens with zero attached hydrogens (tertiary/aromatic N) is 1. The van der Waals surface area contributed by atoms with Gasteiger partial charge in [-0.15, -0.1) is 0 Å². The minimum atomic E-state index is -0.378. The first-order chi connectivity index (χ1) is 8.59. The highest BCUT2D eigenvalue weighted by Crippen LogP contribution is 2.37. The van der Waals surface area contributed by atoms with E-state index in [-0.39, 0.29) is 7.05 Å². The van der Waals surface area contributed by atoms with Crippen molar-refractivity contribution in [2.45, 2.75) is 64.4 Å². The average Bonchev–Trinajstić information content (AvgIpc) is 2.30. The van der Waals surface area contributed by atoms with Gasteiger partial charge in [0.05, 0.1) is 0 Å². The number of hydrogen-bond donors (Lipinski definition) is 2. The van der Waals surface area contributed by atoms with E-state index in [2.05, 4.69) is 24.1 Å². The molecule has 4 atom stereocenters. The second kappa shape index (κ2) is 6.40. The third-order valence-corrected chi connectivity index (χ3v) is 5.02. The Bertz CT molecular complexity index is 262. The van der Waals surface area contributed by atoms with Crippen molar-refractivity contribution >= 4 is 7.05 Å². The van der Waals surface area contributed by atoms with Crippen molar-refractivity contribution < 1.29 is 5.02 Å². The van der Waals surface area contributed by atoms with Crippen molar-refractivity contribution in [1.82, 2.24) is 10.1 Å². The molecular weight excluding hydrogens is 223 g/mol. The molecule has 3 nitrogen and oxygen atoms in total. The summed E-state index contributed by atoms with van der Waals surface area (Å²) >= 11 is 0. The molecule has 0 aromatic carbocycles. The SMILES string of the molecule is CB(O)NC1CCCC(C)C1C1CCCCN1C. The van der Waals surface area contributed by atoms with E-state index in [9.17, 15) is 5.02 Å². The van der Waals surface area contributed by atoms with Crippen LogP contribution in [0.3, 0.4) is 0 Å². The Balaban J connectivity index is 2.07. The van der Waals surface area contributed by atoms with E-state index in [0.717, 1.165) is 5.92 Å². The first-order valence-corrected chi connectivity index (χ1v) is 7.74. The summed E-state index contributed by atoms with van der Waals surface area (Å²) in [4.78, 5) is 2.56. The van der Waals surface area contributed by atoms with Gasteiger partial charge in [0.15, 0.2) is 0 Å². The van der Waals surface area contributed by atoms with Crippen LogP contribution in [0.5, 0.6) is 0 Å². The monoisotopic (exact) mass is 252 g/mol. The van der Waals surface area contributed by atoms with Gasteiger partial charge < -0.3 is 15.2 Å². The summed E-state index contributed by atoms with van der Waals surface area (Å²) in [5, 5.41) is 13.1. The summed E-state index contributed by atoms with van der Waals surface area (Å²) in [6, 6.07) is 1.21. The Labute approximate surface area is 112 Å². The van der Waals surface area contributed by atoms with Gasteiger partial charge in [-0.05, 0) is 51.5 Å². The molecule has 4 unspecified atom stereocenters. The molecule has 2 fully saturated rings. The molecule has 2 rings (SSSR count). The van der Waals surface area contributed by atoms with Crippen molar-refractivity contribution in [1.29, 1.82) is 0 Å². The molecule has 2 aliphatic rings. The van der Waals surface area contributed by atoms with Gasteiger partial charge in [0.2, 0.25) is 0 Å². The summed E-state index contributed by atoms with van der Waals surface area (Å²) < 4.78 is 0. The minimum absolute atomic E-state index is 0.378. The van der Waals surface area contributed by atoms with E-state index < -0.39 is 0 Å². The van der Waals surface area contributed by atoms with Crippen molar-refractivity contribution in [3.8, 4) is 0 Å². The van der Waals surface area contributed by atoms with E-state index in [1.165, 1.54) is 45.1 Å². The van der Waals surface area contributed by atoms with Gasteiger partial charge in [-0.25, -0.2) is 0 Å². The maximum atomic E-state index is 9.65. The van der Waals surface area contributed by atoms with Crippen LogP contribution >= 0.6 is 0 Å². The zero-order chi connectivity index (χ0) is 13.1. The van der Waals surface area contributed by atoms with Crippen LogP contribution in [0.4, 0.5) is 0 Å². The molecule has 104 valence electrons. The lowest BCUT2D eigenvalue weighted by molar-refractivity contribution is 0.0566. The summed E-state index contributed by atoms with van der Waals surface area (Å²) in [7, 11) is 1.90. The summed E-state index contributed by atoms with van der Waals surface area (Å²) in [5.41, 5.74) is 0. The summed E-state index contributed by atoms with van der Waals surface area (Å²) in [6.07, 6.45) is 7.95. The number of nitrogens with one attached hydrogen (secondary N) is 1. The topological polar surface area (TPSA) is 35.5 Å². The third-order valence-electron chi connectivity index (χ3n) is 5.02. The number of likely N-dealkylation sites (tertiary alicyclic amines) is 1. The Morgan fingerprint density at radius 2 is 1.94 bits per heavy atom. The Morgan fingerprint density at radius 3 is 2.61 bits per heavy atom. The van der Waals surface area contributed by atoms with Crippen LogP contribution in [-0.4, -0.2) is 42.7 Å². The predicted molar refractivity (Wildman–Crippen MR) is 77.5 cm³/mol. The normalized spacial score (nSPS) is 38.7. The highest BCUT2D eigenvalue weighted by Gasteiger charge is 2.39. The van der Waals surface area contributed by atoms with Crippen molar-refractivity contribution in [2.24, 2.45) is 11.8 Å². The second-order valence-electron chi connectivity index (χ2n) is 6.48. The number of rotatable bonds is 3. The fourth-order valence-corrected chi connectivity index (χ4v) is 4.18. The Morgan fingerprint density at radius 1 is 1.17 bits per heavy atom. The van der Waals surface area contributed by atoms with Crippen molar-refractivity contribution in [3.05, 3.63) is 0 Å². The van der Waals surface area contributed by atoms with Crippen LogP contribution in [0.15, 0.2) is 0 Å². The highest BCUT2D eigenvalue weighted by atomic mass is 16.2. The molecule has 1 saturated heterocycles. The van der Waals surface area contributed by atoms with Crippen molar-refractivity contribution in [3.63, 3.8) is 0 Å². The Hall–Kier alpha value is -0.0551. The van der Waals surface area contributed by atoms with E-state index >= 15 is 0 Å². The molecule has 1 aliphatic carbocycles. The maximum Gasteiger partial charge on any atom is 0.373 e. The Kier molecular flexibility index (Phi) is 5.10. The van der Waals surface area contributed by atoms with Crippen LogP contribution in [0.25, 0.3) is 0 Å². The fourth-order valence-electron chi connectivity index (χ4n) is 4.18. The average molecular weight is 252 g/mol. The molecule has 18 heavy (non-hydrogen) atoms. The van der Waals surface area contributed by atoms with E-state index in [4.69, 9.17) is 0 Å². The van der Waals surface area contributed by atoms with E-state index in [0.29, 0.717) is 18.0 Å². The van der Waals surface area contributed by atoms with Gasteiger partial charge in [0.1, 0.15) is 0 Å². The molecule has 4 heteroatoms. The van der Waals surface area contributed by atoms with Crippen LogP contribution in [0, 0.1) is 11.8 Å². The molecule has 0 bridgehead atoms. The van der Waals surface area contributed by atoms with Gasteiger partial charge in [0.25, 0.3) is 0 Å². The predicted octanol–water partition coefficient (Wildman–Crippen LogP) is 1.98. The number of piperidine rings is 1. The molecule has 0 aromatic heterocycles. The molecule has 0 amide bonds. The quantitative estimate of drug-likeness (QED) is 0.754. The fraction of sp³-hybridized carbons (Fsp3) is 1.00. The van der Waals surface area contributed by atoms with Gasteiger partial charge in [-0.3, -0.25) is 0 Å². The molecule has 1 aliphatic heterocycles. The first-order valence-electron chi connectivity index (χ1n) is 7.74. The van der Waals surface area contributed by atoms with Crippen molar-refractivity contribution in [2.75, 3.05) is 13.6 Å². The molecule has 2 N–H and O–H groups in total. The van der Waals surface area contributed by atoms with E-state index in [1.807, 2.05) is 6.82 Å². The highest BCUT2D eigenvalue weighted by molar-refractivity contribution is 6.45. The lowest BCUT2D eigenvalue weighted by atomic mass is 9.68. The van der Waals surface area contributed by atoms with Crippen LogP contribution in [-0.2, 0) is 0 Å². The standard InChI is InChI=1S/C14H29BN2O/c1-11-7-6-8-12(16-15(2)18)14(11)13-9-4-5-10-17(13)3/h11-14,16,18H,4-10H2,1-3H3. The smallest absolute Gasteiger partial charge is 0.373 e. The maximum absolute atomic E-state index is 9.65. The van der Waals surface area contributed by atoms with E-state index in [1.54, 1.807) is 0 Å². The van der Waals surface area contributed by atoms with Gasteiger partial charge >= 0.3 is 7.05 Å². The zero-order valence-electron chi connectivity index (χ0n) is 12.2. The molecular formula is C14H29BN2O. The summed E-state index contributed by atoms with van der Waals surface area (Å²) in [6.45, 7) is 5.50. The molecule has 0 aromatic rings. The van der Waals surface area contributed by atoms with Gasteiger partial charge in [-0.1, -0.05) is 26.2 Å². The molecule has 0 spiro atoms. The largest absolute Gasteiger partial charge is 0.437 e. The lowest BCUT2D eigenvalue weighted by Crippen LogP contribution is -2.56. The molecule has 1 saturated carbocycles. The van der Waals surface area contributed by atoms with Crippen LogP contribution in [0.1, 0.15) is 45.4 Å². The molecule has 0 radical (unpaired) electrons. The number of hydrogen-bond acceptors (Lipinski definition) is 3. The van der Waals surface area contributed by atoms with Gasteiger partial charge in [-0.2, -0.15) is 0 Å². The minimum Gasteiger partial charge on any atom is -0.437 e. The molecule has 1 heterocycles. The second-order valence-corrected chi connectivity index (χ2v) is 6.48. The lowest BCUT2D eigenvalue weighted by Gasteiger charge is -2.47. The summed E-state index contributed by atoms with van der Waals surface area (Å²) in [5.74, 6) is 1.49. The van der Waals surface area contributed by atoms with Crippen LogP contribution < -0.4 is 5.23 Å². The van der Waals surface area contributed by atoms with Gasteiger partial charge in [0, 0.05) is 12.1 Å². The third kappa shape index (κ3) is 3.28. The first kappa shape index (κ1) is 14.4. The zero-order valence-corrected chi connectivity index (χ0v) is 12.2.